The second-order valence-electron chi connectivity index (χ2n) is 5.52. The lowest BCUT2D eigenvalue weighted by Crippen LogP contribution is -2.23. The molecule has 0 spiro atoms. The SMILES string of the molecule is Cc1cc(C)c(S(=O)(=O)O)c(C)c1.ON=C(c1ccccc1)C(F)(F)F. The lowest BCUT2D eigenvalue weighted by atomic mass is 10.1. The summed E-state index contributed by atoms with van der Waals surface area (Å²) in [5, 5.41) is 10.4. The van der Waals surface area contributed by atoms with Gasteiger partial charge in [-0.25, -0.2) is 0 Å². The number of alkyl halides is 3. The standard InChI is InChI=1S/C9H12O3S.C8H6F3NO/c1-6-4-7(2)9(8(3)5-6)13(10,11)12;9-8(10,11)7(12-13)6-4-2-1-3-5-6/h4-5H,1-3H3,(H,10,11,12);1-5,13H. The van der Waals surface area contributed by atoms with Crippen LogP contribution in [0.3, 0.4) is 0 Å². The van der Waals surface area contributed by atoms with Gasteiger partial charge in [-0.1, -0.05) is 53.2 Å². The molecule has 0 aromatic heterocycles. The van der Waals surface area contributed by atoms with Gasteiger partial charge >= 0.3 is 6.18 Å². The third-order valence-electron chi connectivity index (χ3n) is 3.28. The normalized spacial score (nSPS) is 12.3. The topological polar surface area (TPSA) is 87.0 Å². The molecular weight excluding hydrogens is 371 g/mol. The van der Waals surface area contributed by atoms with Gasteiger partial charge in [-0.3, -0.25) is 4.55 Å². The van der Waals surface area contributed by atoms with Gasteiger partial charge in [0.15, 0.2) is 5.71 Å². The van der Waals surface area contributed by atoms with Crippen LogP contribution in [-0.2, 0) is 10.1 Å². The summed E-state index contributed by atoms with van der Waals surface area (Å²) in [7, 11) is -4.08. The van der Waals surface area contributed by atoms with Crippen molar-refractivity contribution < 1.29 is 31.3 Å². The van der Waals surface area contributed by atoms with Crippen LogP contribution in [0.1, 0.15) is 22.3 Å². The van der Waals surface area contributed by atoms with Crippen LogP contribution in [0.15, 0.2) is 52.5 Å². The Bertz CT molecular complexity index is 869. The molecule has 0 saturated heterocycles. The first kappa shape index (κ1) is 21.7. The zero-order chi connectivity index (χ0) is 20.1. The van der Waals surface area contributed by atoms with E-state index in [1.807, 2.05) is 6.92 Å². The molecule has 2 N–H and O–H groups in total. The second-order valence-corrected chi connectivity index (χ2v) is 6.87. The molecule has 0 saturated carbocycles. The van der Waals surface area contributed by atoms with E-state index in [4.69, 9.17) is 9.76 Å². The van der Waals surface area contributed by atoms with Crippen molar-refractivity contribution in [3.05, 3.63) is 64.7 Å². The molecule has 0 heterocycles. The number of aryl methyl sites for hydroxylation is 3. The van der Waals surface area contributed by atoms with Gasteiger partial charge < -0.3 is 5.21 Å². The molecule has 0 bridgehead atoms. The van der Waals surface area contributed by atoms with E-state index in [-0.39, 0.29) is 10.5 Å². The summed E-state index contributed by atoms with van der Waals surface area (Å²) in [5.74, 6) is 0. The van der Waals surface area contributed by atoms with E-state index in [9.17, 15) is 21.6 Å². The van der Waals surface area contributed by atoms with Crippen LogP contribution >= 0.6 is 0 Å². The Kier molecular flexibility index (Phi) is 6.93. The average molecular weight is 389 g/mol. The highest BCUT2D eigenvalue weighted by Gasteiger charge is 2.37. The largest absolute Gasteiger partial charge is 0.437 e. The van der Waals surface area contributed by atoms with Gasteiger partial charge in [-0.15, -0.1) is 0 Å². The predicted molar refractivity (Wildman–Crippen MR) is 91.3 cm³/mol. The molecule has 0 fully saturated rings. The smallest absolute Gasteiger partial charge is 0.410 e. The molecule has 0 aliphatic carbocycles. The summed E-state index contributed by atoms with van der Waals surface area (Å²) in [6.07, 6.45) is -4.63. The van der Waals surface area contributed by atoms with Gasteiger partial charge in [-0.2, -0.15) is 21.6 Å². The van der Waals surface area contributed by atoms with Gasteiger partial charge in [0, 0.05) is 5.56 Å². The highest BCUT2D eigenvalue weighted by molar-refractivity contribution is 7.86. The molecule has 2 rings (SSSR count). The van der Waals surface area contributed by atoms with E-state index >= 15 is 0 Å². The number of hydrogen-bond acceptors (Lipinski definition) is 4. The molecule has 9 heteroatoms. The minimum Gasteiger partial charge on any atom is -0.410 e. The van der Waals surface area contributed by atoms with Crippen molar-refractivity contribution in [2.75, 3.05) is 0 Å². The minimum atomic E-state index is -4.63. The Hall–Kier alpha value is -2.39. The minimum absolute atomic E-state index is 0.0260. The van der Waals surface area contributed by atoms with Crippen molar-refractivity contribution in [2.24, 2.45) is 5.16 Å². The van der Waals surface area contributed by atoms with Crippen LogP contribution in [0.25, 0.3) is 0 Å². The van der Waals surface area contributed by atoms with Gasteiger partial charge in [0.2, 0.25) is 0 Å². The van der Waals surface area contributed by atoms with Gasteiger partial charge in [0.05, 0.1) is 4.90 Å². The molecule has 2 aromatic rings. The Balaban J connectivity index is 0.000000260. The average Bonchev–Trinajstić information content (AvgIpc) is 2.45. The molecule has 0 amide bonds. The fraction of sp³-hybridized carbons (Fsp3) is 0.235. The molecule has 0 aliphatic heterocycles. The lowest BCUT2D eigenvalue weighted by Gasteiger charge is -2.07. The third kappa shape index (κ3) is 5.85. The number of halogens is 3. The molecular formula is C17H18F3NO4S. The molecule has 26 heavy (non-hydrogen) atoms. The van der Waals surface area contributed by atoms with E-state index in [1.54, 1.807) is 32.0 Å². The number of rotatable bonds is 2. The second kappa shape index (κ2) is 8.33. The van der Waals surface area contributed by atoms with Gasteiger partial charge in [0.25, 0.3) is 10.1 Å². The van der Waals surface area contributed by atoms with Crippen molar-refractivity contribution in [3.8, 4) is 0 Å². The van der Waals surface area contributed by atoms with Crippen molar-refractivity contribution in [1.29, 1.82) is 0 Å². The molecule has 2 aromatic carbocycles. The maximum Gasteiger partial charge on any atom is 0.437 e. The quantitative estimate of drug-likeness (QED) is 0.347. The maximum atomic E-state index is 12.1. The molecule has 5 nitrogen and oxygen atoms in total. The van der Waals surface area contributed by atoms with Gasteiger partial charge in [0.1, 0.15) is 0 Å². The predicted octanol–water partition coefficient (Wildman–Crippen LogP) is 4.29. The Morgan fingerprint density at radius 2 is 1.46 bits per heavy atom. The fourth-order valence-corrected chi connectivity index (χ4v) is 3.38. The van der Waals surface area contributed by atoms with E-state index in [0.29, 0.717) is 11.1 Å². The lowest BCUT2D eigenvalue weighted by molar-refractivity contribution is -0.0601. The number of oxime groups is 1. The molecule has 0 unspecified atom stereocenters. The van der Waals surface area contributed by atoms with Crippen molar-refractivity contribution >= 4 is 15.8 Å². The molecule has 0 aliphatic rings. The third-order valence-corrected chi connectivity index (χ3v) is 4.44. The van der Waals surface area contributed by atoms with Crippen LogP contribution in [-0.4, -0.2) is 30.1 Å². The van der Waals surface area contributed by atoms with Crippen LogP contribution < -0.4 is 0 Å². The molecule has 142 valence electrons. The summed E-state index contributed by atoms with van der Waals surface area (Å²) in [6.45, 7) is 5.22. The van der Waals surface area contributed by atoms with Crippen LogP contribution in [0, 0.1) is 20.8 Å². The number of benzene rings is 2. The zero-order valence-corrected chi connectivity index (χ0v) is 15.1. The summed E-state index contributed by atoms with van der Waals surface area (Å²) in [6, 6.07) is 10.4. The van der Waals surface area contributed by atoms with Crippen LogP contribution in [0.4, 0.5) is 13.2 Å². The van der Waals surface area contributed by atoms with E-state index in [2.05, 4.69) is 5.16 Å². The Labute approximate surface area is 149 Å². The van der Waals surface area contributed by atoms with Crippen molar-refractivity contribution in [1.82, 2.24) is 0 Å². The van der Waals surface area contributed by atoms with Crippen molar-refractivity contribution in [3.63, 3.8) is 0 Å². The van der Waals surface area contributed by atoms with Crippen molar-refractivity contribution in [2.45, 2.75) is 31.8 Å². The number of nitrogens with zero attached hydrogens (tertiary/aromatic N) is 1. The summed E-state index contributed by atoms with van der Waals surface area (Å²) < 4.78 is 67.1. The molecule has 0 radical (unpaired) electrons. The molecule has 0 atom stereocenters. The summed E-state index contributed by atoms with van der Waals surface area (Å²) in [4.78, 5) is 0.0260. The highest BCUT2D eigenvalue weighted by atomic mass is 32.2. The van der Waals surface area contributed by atoms with E-state index in [0.717, 1.165) is 5.56 Å². The van der Waals surface area contributed by atoms with E-state index in [1.165, 1.54) is 24.3 Å². The summed E-state index contributed by atoms with van der Waals surface area (Å²) >= 11 is 0. The van der Waals surface area contributed by atoms with E-state index < -0.39 is 22.0 Å². The highest BCUT2D eigenvalue weighted by Crippen LogP contribution is 2.22. The monoisotopic (exact) mass is 389 g/mol. The Morgan fingerprint density at radius 3 is 1.81 bits per heavy atom. The number of hydrogen-bond donors (Lipinski definition) is 2. The van der Waals surface area contributed by atoms with Crippen LogP contribution in [0.5, 0.6) is 0 Å². The van der Waals surface area contributed by atoms with Crippen LogP contribution in [0.2, 0.25) is 0 Å². The fourth-order valence-electron chi connectivity index (χ4n) is 2.45. The summed E-state index contributed by atoms with van der Waals surface area (Å²) in [5.41, 5.74) is 0.716. The first-order valence-corrected chi connectivity index (χ1v) is 8.72. The maximum absolute atomic E-state index is 12.1. The zero-order valence-electron chi connectivity index (χ0n) is 14.2. The first-order valence-electron chi connectivity index (χ1n) is 7.28. The Morgan fingerprint density at radius 1 is 1.00 bits per heavy atom. The first-order chi connectivity index (χ1) is 11.9. The van der Waals surface area contributed by atoms with Gasteiger partial charge in [-0.05, 0) is 31.9 Å².